The fourth-order valence-corrected chi connectivity index (χ4v) is 2.97. The molecule has 2 atom stereocenters. The highest BCUT2D eigenvalue weighted by Gasteiger charge is 2.32. The zero-order valence-electron chi connectivity index (χ0n) is 11.8. The number of ether oxygens (including phenoxy) is 1. The first-order valence-electron chi connectivity index (χ1n) is 6.96. The van der Waals surface area contributed by atoms with Crippen LogP contribution in [0, 0.1) is 6.92 Å². The van der Waals surface area contributed by atoms with Crippen LogP contribution >= 0.6 is 0 Å². The van der Waals surface area contributed by atoms with E-state index in [1.807, 2.05) is 7.05 Å². The quantitative estimate of drug-likeness (QED) is 0.917. The van der Waals surface area contributed by atoms with Crippen LogP contribution in [0.4, 0.5) is 0 Å². The van der Waals surface area contributed by atoms with Crippen molar-refractivity contribution in [2.45, 2.75) is 32.4 Å². The van der Waals surface area contributed by atoms with Gasteiger partial charge in [-0.05, 0) is 38.6 Å². The molecule has 2 unspecified atom stereocenters. The predicted octanol–water partition coefficient (Wildman–Crippen LogP) is 2.07. The number of rotatable bonds is 3. The van der Waals surface area contributed by atoms with E-state index in [4.69, 9.17) is 9.72 Å². The second kappa shape index (κ2) is 4.94. The van der Waals surface area contributed by atoms with Crippen LogP contribution in [0.15, 0.2) is 18.2 Å². The van der Waals surface area contributed by atoms with E-state index >= 15 is 0 Å². The summed E-state index contributed by atoms with van der Waals surface area (Å²) in [5.74, 6) is 1.50. The molecular weight excluding hydrogens is 238 g/mol. The lowest BCUT2D eigenvalue weighted by Crippen LogP contribution is -2.32. The number of fused-ring (bicyclic) bond motifs is 1. The summed E-state index contributed by atoms with van der Waals surface area (Å²) >= 11 is 0. The number of imidazole rings is 1. The Morgan fingerprint density at radius 2 is 2.26 bits per heavy atom. The molecule has 1 aliphatic rings. The van der Waals surface area contributed by atoms with Gasteiger partial charge in [0.05, 0.1) is 30.2 Å². The third-order valence-corrected chi connectivity index (χ3v) is 4.03. The molecule has 0 radical (unpaired) electrons. The molecule has 3 rings (SSSR count). The molecule has 4 nitrogen and oxygen atoms in total. The first-order valence-corrected chi connectivity index (χ1v) is 6.96. The molecule has 0 aliphatic carbocycles. The van der Waals surface area contributed by atoms with Gasteiger partial charge in [0.15, 0.2) is 0 Å². The van der Waals surface area contributed by atoms with Gasteiger partial charge in [-0.3, -0.25) is 0 Å². The molecular formula is C15H21N3O. The molecule has 0 saturated carbocycles. The molecule has 19 heavy (non-hydrogen) atoms. The van der Waals surface area contributed by atoms with Gasteiger partial charge in [0, 0.05) is 12.6 Å². The summed E-state index contributed by atoms with van der Waals surface area (Å²) in [6.45, 7) is 6.76. The van der Waals surface area contributed by atoms with Gasteiger partial charge in [-0.1, -0.05) is 6.07 Å². The van der Waals surface area contributed by atoms with E-state index in [9.17, 15) is 0 Å². The van der Waals surface area contributed by atoms with Crippen LogP contribution in [0.2, 0.25) is 0 Å². The minimum Gasteiger partial charge on any atom is -0.379 e. The van der Waals surface area contributed by atoms with Crippen molar-refractivity contribution in [3.05, 3.63) is 29.6 Å². The summed E-state index contributed by atoms with van der Waals surface area (Å²) in [5, 5.41) is 3.34. The first-order chi connectivity index (χ1) is 9.24. The molecule has 1 aromatic heterocycles. The number of aromatic nitrogens is 2. The second-order valence-electron chi connectivity index (χ2n) is 5.25. The van der Waals surface area contributed by atoms with Crippen LogP contribution < -0.4 is 5.32 Å². The van der Waals surface area contributed by atoms with Crippen LogP contribution in [0.1, 0.15) is 24.2 Å². The maximum Gasteiger partial charge on any atom is 0.116 e. The molecule has 0 spiro atoms. The summed E-state index contributed by atoms with van der Waals surface area (Å²) in [7, 11) is 2.00. The number of hydrogen-bond acceptors (Lipinski definition) is 3. The van der Waals surface area contributed by atoms with Gasteiger partial charge < -0.3 is 14.6 Å². The average molecular weight is 259 g/mol. The molecule has 0 bridgehead atoms. The standard InChI is InChI=1S/C15H21N3O/c1-4-18-14-6-5-10(2)7-12(14)17-15(18)11-8-19-9-13(11)16-3/h5-7,11,13,16H,4,8-9H2,1-3H3. The largest absolute Gasteiger partial charge is 0.379 e. The Morgan fingerprint density at radius 3 is 3.00 bits per heavy atom. The van der Waals surface area contributed by atoms with Gasteiger partial charge in [0.2, 0.25) is 0 Å². The molecule has 2 aromatic rings. The van der Waals surface area contributed by atoms with E-state index in [1.165, 1.54) is 11.1 Å². The van der Waals surface area contributed by atoms with E-state index in [1.54, 1.807) is 0 Å². The van der Waals surface area contributed by atoms with Gasteiger partial charge in [-0.2, -0.15) is 0 Å². The van der Waals surface area contributed by atoms with E-state index < -0.39 is 0 Å². The topological polar surface area (TPSA) is 39.1 Å². The third kappa shape index (κ3) is 2.05. The number of hydrogen-bond donors (Lipinski definition) is 1. The highest BCUT2D eigenvalue weighted by molar-refractivity contribution is 5.77. The number of nitrogens with one attached hydrogen (secondary N) is 1. The van der Waals surface area contributed by atoms with Crippen molar-refractivity contribution in [1.82, 2.24) is 14.9 Å². The lowest BCUT2D eigenvalue weighted by molar-refractivity contribution is 0.187. The molecule has 2 heterocycles. The Kier molecular flexibility index (Phi) is 3.29. The Hall–Kier alpha value is -1.39. The van der Waals surface area contributed by atoms with Crippen molar-refractivity contribution < 1.29 is 4.74 Å². The number of likely N-dealkylation sites (N-methyl/N-ethyl adjacent to an activating group) is 1. The smallest absolute Gasteiger partial charge is 0.116 e. The second-order valence-corrected chi connectivity index (χ2v) is 5.25. The Balaban J connectivity index is 2.12. The van der Waals surface area contributed by atoms with Crippen LogP contribution in [0.25, 0.3) is 11.0 Å². The van der Waals surface area contributed by atoms with Crippen molar-refractivity contribution >= 4 is 11.0 Å². The molecule has 1 fully saturated rings. The molecule has 1 aromatic carbocycles. The number of benzene rings is 1. The van der Waals surface area contributed by atoms with E-state index in [0.29, 0.717) is 12.0 Å². The number of nitrogens with zero attached hydrogens (tertiary/aromatic N) is 2. The molecule has 102 valence electrons. The Morgan fingerprint density at radius 1 is 1.42 bits per heavy atom. The summed E-state index contributed by atoms with van der Waals surface area (Å²) in [4.78, 5) is 4.87. The summed E-state index contributed by atoms with van der Waals surface area (Å²) < 4.78 is 7.94. The fraction of sp³-hybridized carbons (Fsp3) is 0.533. The van der Waals surface area contributed by atoms with Crippen molar-refractivity contribution in [2.24, 2.45) is 0 Å². The molecule has 0 amide bonds. The van der Waals surface area contributed by atoms with Crippen LogP contribution in [-0.4, -0.2) is 35.9 Å². The van der Waals surface area contributed by atoms with E-state index in [2.05, 4.69) is 41.9 Å². The van der Waals surface area contributed by atoms with E-state index in [-0.39, 0.29) is 0 Å². The minimum atomic E-state index is 0.345. The van der Waals surface area contributed by atoms with Gasteiger partial charge in [-0.15, -0.1) is 0 Å². The van der Waals surface area contributed by atoms with Crippen LogP contribution in [0.3, 0.4) is 0 Å². The molecule has 4 heteroatoms. The maximum absolute atomic E-state index is 5.62. The van der Waals surface area contributed by atoms with Crippen LogP contribution in [-0.2, 0) is 11.3 Å². The number of aryl methyl sites for hydroxylation is 2. The Labute approximate surface area is 113 Å². The van der Waals surface area contributed by atoms with Crippen molar-refractivity contribution in [2.75, 3.05) is 20.3 Å². The van der Waals surface area contributed by atoms with Crippen LogP contribution in [0.5, 0.6) is 0 Å². The van der Waals surface area contributed by atoms with Gasteiger partial charge in [0.1, 0.15) is 5.82 Å². The summed E-state index contributed by atoms with van der Waals surface area (Å²) in [5.41, 5.74) is 3.58. The minimum absolute atomic E-state index is 0.345. The normalized spacial score (nSPS) is 23.3. The highest BCUT2D eigenvalue weighted by Crippen LogP contribution is 2.28. The van der Waals surface area contributed by atoms with Gasteiger partial charge in [-0.25, -0.2) is 4.98 Å². The van der Waals surface area contributed by atoms with Crippen molar-refractivity contribution in [1.29, 1.82) is 0 Å². The monoisotopic (exact) mass is 259 g/mol. The highest BCUT2D eigenvalue weighted by atomic mass is 16.5. The van der Waals surface area contributed by atoms with Crippen molar-refractivity contribution in [3.63, 3.8) is 0 Å². The van der Waals surface area contributed by atoms with E-state index in [0.717, 1.165) is 31.1 Å². The summed E-state index contributed by atoms with van der Waals surface area (Å²) in [6, 6.07) is 6.85. The maximum atomic E-state index is 5.62. The molecule has 1 saturated heterocycles. The first kappa shape index (κ1) is 12.6. The zero-order chi connectivity index (χ0) is 13.4. The lowest BCUT2D eigenvalue weighted by Gasteiger charge is -2.17. The fourth-order valence-electron chi connectivity index (χ4n) is 2.97. The van der Waals surface area contributed by atoms with Gasteiger partial charge >= 0.3 is 0 Å². The molecule has 1 aliphatic heterocycles. The summed E-state index contributed by atoms with van der Waals surface area (Å²) in [6.07, 6.45) is 0. The third-order valence-electron chi connectivity index (χ3n) is 4.03. The average Bonchev–Trinajstić information content (AvgIpc) is 3.00. The molecule has 1 N–H and O–H groups in total. The predicted molar refractivity (Wildman–Crippen MR) is 76.6 cm³/mol. The van der Waals surface area contributed by atoms with Crippen molar-refractivity contribution in [3.8, 4) is 0 Å². The van der Waals surface area contributed by atoms with Gasteiger partial charge in [0.25, 0.3) is 0 Å². The zero-order valence-corrected chi connectivity index (χ0v) is 11.8. The SMILES string of the molecule is CCn1c(C2COCC2NC)nc2cc(C)ccc21. The lowest BCUT2D eigenvalue weighted by atomic mass is 10.0. The Bertz CT molecular complexity index is 590.